The van der Waals surface area contributed by atoms with Crippen LogP contribution in [0.15, 0.2) is 64.6 Å². The highest BCUT2D eigenvalue weighted by Crippen LogP contribution is 2.50. The fraction of sp³-hybridized carbons (Fsp3) is 0.444. The Morgan fingerprint density at radius 1 is 1.11 bits per heavy atom. The van der Waals surface area contributed by atoms with Gasteiger partial charge in [-0.05, 0) is 91.0 Å². The summed E-state index contributed by atoms with van der Waals surface area (Å²) < 4.78 is 5.17. The summed E-state index contributed by atoms with van der Waals surface area (Å²) in [6.45, 7) is 11.3. The average Bonchev–Trinajstić information content (AvgIpc) is 3.53. The Hall–Kier alpha value is -4.62. The van der Waals surface area contributed by atoms with Crippen molar-refractivity contribution in [3.63, 3.8) is 0 Å². The number of benzene rings is 2. The highest BCUT2D eigenvalue weighted by Gasteiger charge is 2.52. The first-order chi connectivity index (χ1) is 21.9. The molecule has 0 radical (unpaired) electrons. The van der Waals surface area contributed by atoms with Gasteiger partial charge in [0.25, 0.3) is 5.91 Å². The molecule has 6 rings (SSSR count). The van der Waals surface area contributed by atoms with Crippen LogP contribution in [0.2, 0.25) is 0 Å². The lowest BCUT2D eigenvalue weighted by Crippen LogP contribution is -2.42. The number of aromatic amines is 1. The van der Waals surface area contributed by atoms with Crippen molar-refractivity contribution >= 4 is 11.6 Å². The Morgan fingerprint density at radius 3 is 2.35 bits per heavy atom. The summed E-state index contributed by atoms with van der Waals surface area (Å²) in [5.74, 6) is 0.329. The van der Waals surface area contributed by atoms with E-state index in [1.807, 2.05) is 37.2 Å². The minimum atomic E-state index is -0.900. The molecule has 3 aromatic rings. The molecule has 240 valence electrons. The van der Waals surface area contributed by atoms with Crippen LogP contribution in [0.5, 0.6) is 0 Å². The summed E-state index contributed by atoms with van der Waals surface area (Å²) >= 11 is 0. The zero-order valence-electron chi connectivity index (χ0n) is 27.4. The van der Waals surface area contributed by atoms with Crippen molar-refractivity contribution in [1.29, 1.82) is 5.26 Å². The quantitative estimate of drug-likeness (QED) is 0.350. The summed E-state index contributed by atoms with van der Waals surface area (Å²) in [6.07, 6.45) is 4.00. The highest BCUT2D eigenvalue weighted by atomic mass is 16.5. The van der Waals surface area contributed by atoms with Crippen LogP contribution >= 0.6 is 0 Å². The Bertz CT molecular complexity index is 1720. The summed E-state index contributed by atoms with van der Waals surface area (Å²) in [6, 6.07) is 14.9. The molecular formula is C36H43N7O3. The van der Waals surface area contributed by atoms with Crippen LogP contribution in [0.1, 0.15) is 70.2 Å². The Morgan fingerprint density at radius 2 is 1.76 bits per heavy atom. The van der Waals surface area contributed by atoms with E-state index in [2.05, 4.69) is 64.7 Å². The Labute approximate surface area is 270 Å². The number of aryl methyl sites for hydroxylation is 2. The van der Waals surface area contributed by atoms with Gasteiger partial charge in [0.2, 0.25) is 0 Å². The number of likely N-dealkylation sites (tertiary alicyclic amines) is 1. The average molecular weight is 622 g/mol. The summed E-state index contributed by atoms with van der Waals surface area (Å²) in [5, 5.41) is 17.7. The predicted molar refractivity (Wildman–Crippen MR) is 177 cm³/mol. The molecule has 1 saturated heterocycles. The number of nitrogens with one attached hydrogen (secondary N) is 2. The monoisotopic (exact) mass is 621 g/mol. The topological polar surface area (TPSA) is 121 Å². The Kier molecular flexibility index (Phi) is 8.15. The van der Waals surface area contributed by atoms with Gasteiger partial charge in [-0.3, -0.25) is 14.3 Å². The van der Waals surface area contributed by atoms with Crippen LogP contribution in [0.3, 0.4) is 0 Å². The molecule has 5 atom stereocenters. The number of fused-ring (bicyclic) bond motifs is 3. The van der Waals surface area contributed by atoms with Crippen LogP contribution < -0.4 is 11.1 Å². The maximum absolute atomic E-state index is 13.1. The van der Waals surface area contributed by atoms with Gasteiger partial charge in [-0.1, -0.05) is 36.5 Å². The molecule has 1 saturated carbocycles. The second kappa shape index (κ2) is 12.0. The third kappa shape index (κ3) is 5.43. The maximum atomic E-state index is 13.1. The molecule has 1 aliphatic heterocycles. The van der Waals surface area contributed by atoms with Gasteiger partial charge < -0.3 is 20.0 Å². The normalized spacial score (nSPS) is 23.3. The van der Waals surface area contributed by atoms with Gasteiger partial charge in [0.15, 0.2) is 5.82 Å². The van der Waals surface area contributed by atoms with E-state index in [4.69, 9.17) is 4.52 Å². The van der Waals surface area contributed by atoms with Crippen molar-refractivity contribution in [2.24, 2.45) is 5.92 Å². The molecule has 2 heterocycles. The van der Waals surface area contributed by atoms with Gasteiger partial charge in [0.1, 0.15) is 6.04 Å². The van der Waals surface area contributed by atoms with Crippen molar-refractivity contribution in [3.8, 4) is 6.07 Å². The molecule has 2 N–H and O–H groups in total. The number of carbonyl (C=O) groups is 1. The molecular weight excluding hydrogens is 578 g/mol. The second-order valence-corrected chi connectivity index (χ2v) is 13.5. The molecule has 0 spiro atoms. The van der Waals surface area contributed by atoms with Gasteiger partial charge in [-0.25, -0.2) is 4.79 Å². The number of hydrogen-bond donors (Lipinski definition) is 2. The van der Waals surface area contributed by atoms with Crippen LogP contribution in [0.4, 0.5) is 0 Å². The Balaban J connectivity index is 1.44. The van der Waals surface area contributed by atoms with E-state index in [1.165, 1.54) is 0 Å². The molecule has 2 aliphatic carbocycles. The lowest BCUT2D eigenvalue weighted by Gasteiger charge is -2.37. The summed E-state index contributed by atoms with van der Waals surface area (Å²) in [4.78, 5) is 34.3. The number of amides is 1. The highest BCUT2D eigenvalue weighted by molar-refractivity contribution is 5.94. The largest absolute Gasteiger partial charge is 0.438 e. The fourth-order valence-corrected chi connectivity index (χ4v) is 7.60. The molecule has 3 aliphatic rings. The standard InChI is InChI=1S/C36H43N7O3/c1-21(38-20-22(2)43-29(19-37)16-28-17-32(28)43)18-36(34-39-35(45)46-40-34)30-12-10-24(23(3)41(4)5)14-25(30)8-9-26-15-27(11-13-31(26)36)33(44)42(6)7/h10-15,21,28-29,32,38H,2-3,8-9,16-18,20H2,1,4-7H3,(H,39,40,45)/t21-,28-,29?,32?,36?/m1/s1. The van der Waals surface area contributed by atoms with E-state index in [0.29, 0.717) is 42.7 Å². The van der Waals surface area contributed by atoms with Gasteiger partial charge in [-0.15, -0.1) is 0 Å². The van der Waals surface area contributed by atoms with E-state index in [0.717, 1.165) is 58.5 Å². The van der Waals surface area contributed by atoms with Gasteiger partial charge >= 0.3 is 5.76 Å². The number of carbonyl (C=O) groups excluding carboxylic acids is 1. The van der Waals surface area contributed by atoms with E-state index in [1.54, 1.807) is 19.0 Å². The number of piperidine rings is 1. The number of hydrogen-bond acceptors (Lipinski definition) is 8. The molecule has 10 nitrogen and oxygen atoms in total. The first-order valence-electron chi connectivity index (χ1n) is 15.9. The number of rotatable bonds is 10. The van der Waals surface area contributed by atoms with Crippen molar-refractivity contribution in [1.82, 2.24) is 30.2 Å². The van der Waals surface area contributed by atoms with E-state index in [9.17, 15) is 14.9 Å². The van der Waals surface area contributed by atoms with E-state index >= 15 is 0 Å². The first-order valence-corrected chi connectivity index (χ1v) is 15.9. The summed E-state index contributed by atoms with van der Waals surface area (Å²) in [7, 11) is 7.45. The second-order valence-electron chi connectivity index (χ2n) is 13.5. The van der Waals surface area contributed by atoms with E-state index in [-0.39, 0.29) is 18.0 Å². The number of nitriles is 1. The van der Waals surface area contributed by atoms with Gasteiger partial charge in [-0.2, -0.15) is 5.26 Å². The van der Waals surface area contributed by atoms with Crippen LogP contribution in [-0.2, 0) is 18.3 Å². The molecule has 1 aromatic heterocycles. The minimum absolute atomic E-state index is 0.0707. The minimum Gasteiger partial charge on any atom is -0.378 e. The maximum Gasteiger partial charge on any atom is 0.438 e. The van der Waals surface area contributed by atoms with Crippen LogP contribution in [0, 0.1) is 17.2 Å². The molecule has 46 heavy (non-hydrogen) atoms. The number of H-pyrrole nitrogens is 1. The predicted octanol–water partition coefficient (Wildman–Crippen LogP) is 3.90. The van der Waals surface area contributed by atoms with Crippen LogP contribution in [-0.4, -0.2) is 83.6 Å². The van der Waals surface area contributed by atoms with Crippen molar-refractivity contribution in [3.05, 3.63) is 105 Å². The molecule has 0 bridgehead atoms. The van der Waals surface area contributed by atoms with Crippen LogP contribution in [0.25, 0.3) is 5.70 Å². The van der Waals surface area contributed by atoms with Crippen molar-refractivity contribution in [2.45, 2.75) is 62.6 Å². The third-order valence-corrected chi connectivity index (χ3v) is 10.0. The first kappa shape index (κ1) is 31.4. The number of nitrogens with zero attached hydrogens (tertiary/aromatic N) is 5. The third-order valence-electron chi connectivity index (χ3n) is 10.0. The zero-order valence-corrected chi connectivity index (χ0v) is 27.4. The van der Waals surface area contributed by atoms with Crippen molar-refractivity contribution in [2.75, 3.05) is 34.7 Å². The van der Waals surface area contributed by atoms with Gasteiger partial charge in [0, 0.05) is 63.8 Å². The smallest absolute Gasteiger partial charge is 0.378 e. The van der Waals surface area contributed by atoms with Crippen molar-refractivity contribution < 1.29 is 9.32 Å². The summed E-state index contributed by atoms with van der Waals surface area (Å²) in [5.41, 5.74) is 6.68. The van der Waals surface area contributed by atoms with Gasteiger partial charge in [0.05, 0.1) is 11.5 Å². The molecule has 2 fully saturated rings. The zero-order chi connectivity index (χ0) is 32.9. The molecule has 2 aromatic carbocycles. The molecule has 3 unspecified atom stereocenters. The lowest BCUT2D eigenvalue weighted by atomic mass is 9.67. The number of aromatic nitrogens is 2. The lowest BCUT2D eigenvalue weighted by molar-refractivity contribution is 0.0827. The molecule has 10 heteroatoms. The fourth-order valence-electron chi connectivity index (χ4n) is 7.60. The molecule has 1 amide bonds. The van der Waals surface area contributed by atoms with E-state index < -0.39 is 11.2 Å². The SMILES string of the molecule is C=C(c1ccc2c(c1)CCc1cc(C(=O)N(C)C)ccc1C2(C[C@@H](C)NCC(=C)N1C(C#N)C[C@@H]2CC21)c1noc(=O)[nH]1)N(C)C.